The minimum atomic E-state index is -3.83. The molecule has 0 spiro atoms. The molecule has 1 atom stereocenters. The number of hydrogen-bond donors (Lipinski definition) is 3. The van der Waals surface area contributed by atoms with Crippen molar-refractivity contribution in [1.29, 1.82) is 0 Å². The Kier molecular flexibility index (Phi) is 4.01. The number of primary sulfonamides is 1. The maximum Gasteiger partial charge on any atom is 0.240 e. The van der Waals surface area contributed by atoms with Crippen LogP contribution in [0.2, 0.25) is 0 Å². The van der Waals surface area contributed by atoms with Crippen LogP contribution in [-0.2, 0) is 16.4 Å². The molecule has 0 saturated carbocycles. The third-order valence-electron chi connectivity index (χ3n) is 2.80. The standard InChI is InChI=1S/C13H17N3O3S/c1-9(7-11-3-2-6-19-11)16-12-5-4-10(14)8-13(12)20(15,17)18/h2-6,8-9,16H,7,14H2,1H3,(H2,15,17,18). The molecular formula is C13H17N3O3S. The molecule has 2 aromatic rings. The molecule has 0 saturated heterocycles. The van der Waals surface area contributed by atoms with Crippen molar-refractivity contribution in [2.45, 2.75) is 24.3 Å². The number of nitrogens with one attached hydrogen (secondary N) is 1. The number of hydrogen-bond acceptors (Lipinski definition) is 5. The average molecular weight is 295 g/mol. The minimum Gasteiger partial charge on any atom is -0.469 e. The number of nitrogens with two attached hydrogens (primary N) is 2. The van der Waals surface area contributed by atoms with Crippen LogP contribution in [-0.4, -0.2) is 14.5 Å². The number of rotatable bonds is 5. The minimum absolute atomic E-state index is 0.0104. The molecule has 0 amide bonds. The van der Waals surface area contributed by atoms with Gasteiger partial charge in [0.15, 0.2) is 0 Å². The number of anilines is 2. The van der Waals surface area contributed by atoms with Crippen LogP contribution in [0.3, 0.4) is 0 Å². The van der Waals surface area contributed by atoms with Crippen LogP contribution in [0.25, 0.3) is 0 Å². The first-order chi connectivity index (χ1) is 9.36. The predicted octanol–water partition coefficient (Wildman–Crippen LogP) is 1.55. The summed E-state index contributed by atoms with van der Waals surface area (Å²) in [5.74, 6) is 0.817. The van der Waals surface area contributed by atoms with E-state index in [9.17, 15) is 8.42 Å². The van der Waals surface area contributed by atoms with Gasteiger partial charge in [-0.05, 0) is 37.3 Å². The molecule has 1 heterocycles. The van der Waals surface area contributed by atoms with E-state index in [1.54, 1.807) is 24.5 Å². The summed E-state index contributed by atoms with van der Waals surface area (Å²) in [5.41, 5.74) is 6.38. The quantitative estimate of drug-likeness (QED) is 0.725. The predicted molar refractivity (Wildman–Crippen MR) is 77.7 cm³/mol. The lowest BCUT2D eigenvalue weighted by Gasteiger charge is -2.17. The van der Waals surface area contributed by atoms with Gasteiger partial charge in [0.05, 0.1) is 12.0 Å². The van der Waals surface area contributed by atoms with Gasteiger partial charge >= 0.3 is 0 Å². The molecule has 5 N–H and O–H groups in total. The summed E-state index contributed by atoms with van der Waals surface area (Å²) in [6, 6.07) is 8.22. The summed E-state index contributed by atoms with van der Waals surface area (Å²) < 4.78 is 28.4. The molecule has 0 aliphatic heterocycles. The van der Waals surface area contributed by atoms with E-state index in [2.05, 4.69) is 5.32 Å². The summed E-state index contributed by atoms with van der Waals surface area (Å²) in [7, 11) is -3.83. The van der Waals surface area contributed by atoms with Gasteiger partial charge in [-0.15, -0.1) is 0 Å². The normalized spacial score (nSPS) is 13.1. The molecule has 0 fully saturated rings. The van der Waals surface area contributed by atoms with E-state index in [1.165, 1.54) is 6.07 Å². The smallest absolute Gasteiger partial charge is 0.240 e. The van der Waals surface area contributed by atoms with Crippen molar-refractivity contribution in [3.63, 3.8) is 0 Å². The van der Waals surface area contributed by atoms with E-state index in [0.29, 0.717) is 17.8 Å². The van der Waals surface area contributed by atoms with Crippen LogP contribution < -0.4 is 16.2 Å². The fourth-order valence-electron chi connectivity index (χ4n) is 1.94. The number of furan rings is 1. The second kappa shape index (κ2) is 5.56. The van der Waals surface area contributed by atoms with Gasteiger partial charge in [0, 0.05) is 18.2 Å². The van der Waals surface area contributed by atoms with Crippen molar-refractivity contribution in [3.05, 3.63) is 42.4 Å². The summed E-state index contributed by atoms with van der Waals surface area (Å²) in [6.45, 7) is 1.92. The van der Waals surface area contributed by atoms with Crippen molar-refractivity contribution in [2.24, 2.45) is 5.14 Å². The van der Waals surface area contributed by atoms with Crippen LogP contribution in [0.4, 0.5) is 11.4 Å². The van der Waals surface area contributed by atoms with E-state index in [4.69, 9.17) is 15.3 Å². The van der Waals surface area contributed by atoms with Gasteiger partial charge in [0.1, 0.15) is 10.7 Å². The van der Waals surface area contributed by atoms with Gasteiger partial charge < -0.3 is 15.5 Å². The molecule has 6 nitrogen and oxygen atoms in total. The molecule has 1 aromatic carbocycles. The summed E-state index contributed by atoms with van der Waals surface area (Å²) in [5, 5.41) is 8.30. The average Bonchev–Trinajstić information content (AvgIpc) is 2.82. The number of benzene rings is 1. The van der Waals surface area contributed by atoms with E-state index < -0.39 is 10.0 Å². The molecule has 0 aliphatic carbocycles. The number of sulfonamides is 1. The fourth-order valence-corrected chi connectivity index (χ4v) is 2.67. The monoisotopic (exact) mass is 295 g/mol. The summed E-state index contributed by atoms with van der Waals surface area (Å²) in [6.07, 6.45) is 2.22. The Morgan fingerprint density at radius 1 is 1.35 bits per heavy atom. The Balaban J connectivity index is 2.21. The zero-order valence-corrected chi connectivity index (χ0v) is 11.9. The number of nitrogen functional groups attached to an aromatic ring is 1. The van der Waals surface area contributed by atoms with Gasteiger partial charge in [-0.1, -0.05) is 0 Å². The molecule has 0 bridgehead atoms. The van der Waals surface area contributed by atoms with Crippen molar-refractivity contribution < 1.29 is 12.8 Å². The zero-order chi connectivity index (χ0) is 14.8. The highest BCUT2D eigenvalue weighted by atomic mass is 32.2. The van der Waals surface area contributed by atoms with Gasteiger partial charge in [0.2, 0.25) is 10.0 Å². The lowest BCUT2D eigenvalue weighted by Crippen LogP contribution is -2.21. The van der Waals surface area contributed by atoms with Crippen molar-refractivity contribution in [1.82, 2.24) is 0 Å². The van der Waals surface area contributed by atoms with Crippen molar-refractivity contribution in [2.75, 3.05) is 11.1 Å². The molecule has 108 valence electrons. The Morgan fingerprint density at radius 2 is 2.10 bits per heavy atom. The van der Waals surface area contributed by atoms with Gasteiger partial charge in [-0.3, -0.25) is 0 Å². The van der Waals surface area contributed by atoms with Gasteiger partial charge in [-0.2, -0.15) is 0 Å². The first-order valence-corrected chi connectivity index (χ1v) is 7.62. The molecule has 0 aliphatic rings. The zero-order valence-electron chi connectivity index (χ0n) is 11.0. The van der Waals surface area contributed by atoms with E-state index >= 15 is 0 Å². The molecule has 0 radical (unpaired) electrons. The van der Waals surface area contributed by atoms with Crippen LogP contribution in [0, 0.1) is 0 Å². The second-order valence-corrected chi connectivity index (χ2v) is 6.16. The molecule has 1 aromatic heterocycles. The third-order valence-corrected chi connectivity index (χ3v) is 3.75. The van der Waals surface area contributed by atoms with E-state index in [1.807, 2.05) is 13.0 Å². The molecule has 20 heavy (non-hydrogen) atoms. The largest absolute Gasteiger partial charge is 0.469 e. The SMILES string of the molecule is CC(Cc1ccco1)Nc1ccc(N)cc1S(N)(=O)=O. The summed E-state index contributed by atoms with van der Waals surface area (Å²) >= 11 is 0. The van der Waals surface area contributed by atoms with Crippen LogP contribution in [0.5, 0.6) is 0 Å². The third kappa shape index (κ3) is 3.52. The second-order valence-electron chi connectivity index (χ2n) is 4.63. The molecule has 1 unspecified atom stereocenters. The Bertz CT molecular complexity index is 681. The van der Waals surface area contributed by atoms with Crippen molar-refractivity contribution >= 4 is 21.4 Å². The molecule has 2 rings (SSSR count). The van der Waals surface area contributed by atoms with Gasteiger partial charge in [-0.25, -0.2) is 13.6 Å². The van der Waals surface area contributed by atoms with E-state index in [-0.39, 0.29) is 10.9 Å². The highest BCUT2D eigenvalue weighted by Crippen LogP contribution is 2.24. The maximum atomic E-state index is 11.6. The molecule has 7 heteroatoms. The van der Waals surface area contributed by atoms with Crippen LogP contribution in [0.15, 0.2) is 45.9 Å². The highest BCUT2D eigenvalue weighted by molar-refractivity contribution is 7.89. The first-order valence-electron chi connectivity index (χ1n) is 6.07. The summed E-state index contributed by atoms with van der Waals surface area (Å²) in [4.78, 5) is -0.0104. The highest BCUT2D eigenvalue weighted by Gasteiger charge is 2.16. The lowest BCUT2D eigenvalue weighted by molar-refractivity contribution is 0.497. The Morgan fingerprint density at radius 3 is 2.70 bits per heavy atom. The molecular weight excluding hydrogens is 278 g/mol. The Hall–Kier alpha value is -1.99. The maximum absolute atomic E-state index is 11.6. The Labute approximate surface area is 117 Å². The first kappa shape index (κ1) is 14.4. The lowest BCUT2D eigenvalue weighted by atomic mass is 10.2. The van der Waals surface area contributed by atoms with E-state index in [0.717, 1.165) is 5.76 Å². The fraction of sp³-hybridized carbons (Fsp3) is 0.231. The van der Waals surface area contributed by atoms with Gasteiger partial charge in [0.25, 0.3) is 0 Å². The topological polar surface area (TPSA) is 111 Å². The van der Waals surface area contributed by atoms with Crippen LogP contribution >= 0.6 is 0 Å². The van der Waals surface area contributed by atoms with Crippen LogP contribution in [0.1, 0.15) is 12.7 Å². The van der Waals surface area contributed by atoms with Crippen molar-refractivity contribution in [3.8, 4) is 0 Å².